The second-order valence-corrected chi connectivity index (χ2v) is 8.36. The highest BCUT2D eigenvalue weighted by atomic mass is 35.5. The summed E-state index contributed by atoms with van der Waals surface area (Å²) in [4.78, 5) is 14.7. The molecular formula is C28H25ClN2O4. The van der Waals surface area contributed by atoms with Crippen molar-refractivity contribution < 1.29 is 19.0 Å². The van der Waals surface area contributed by atoms with E-state index in [0.29, 0.717) is 48.3 Å². The number of para-hydroxylation sites is 1. The van der Waals surface area contributed by atoms with E-state index in [1.807, 2.05) is 36.4 Å². The molecular weight excluding hydrogens is 464 g/mol. The van der Waals surface area contributed by atoms with Gasteiger partial charge >= 0.3 is 0 Å². The Bertz CT molecular complexity index is 1260. The van der Waals surface area contributed by atoms with Gasteiger partial charge in [0.2, 0.25) is 0 Å². The second-order valence-electron chi connectivity index (χ2n) is 7.92. The molecule has 6 nitrogen and oxygen atoms in total. The second kappa shape index (κ2) is 11.5. The average molecular weight is 489 g/mol. The number of fused-ring (bicyclic) bond motifs is 1. The molecule has 1 aliphatic rings. The highest BCUT2D eigenvalue weighted by Gasteiger charge is 2.26. The molecule has 3 aromatic rings. The molecule has 0 bridgehead atoms. The maximum Gasteiger partial charge on any atom is 0.268 e. The number of rotatable bonds is 9. The highest BCUT2D eigenvalue weighted by molar-refractivity contribution is 6.30. The first-order chi connectivity index (χ1) is 17.1. The van der Waals surface area contributed by atoms with Crippen molar-refractivity contribution in [2.75, 3.05) is 31.8 Å². The van der Waals surface area contributed by atoms with Crippen LogP contribution < -0.4 is 19.1 Å². The van der Waals surface area contributed by atoms with Gasteiger partial charge in [0, 0.05) is 23.7 Å². The van der Waals surface area contributed by atoms with E-state index >= 15 is 0 Å². The van der Waals surface area contributed by atoms with Crippen LogP contribution in [0.25, 0.3) is 6.08 Å². The van der Waals surface area contributed by atoms with Crippen LogP contribution in [0.4, 0.5) is 5.69 Å². The topological polar surface area (TPSA) is 71.8 Å². The molecule has 178 valence electrons. The summed E-state index contributed by atoms with van der Waals surface area (Å²) in [6.45, 7) is 1.50. The standard InChI is InChI=1S/C28H25ClN2O4/c1-33-27-18-20(7-12-26(27)35-16-4-15-34-24-10-8-23(29)9-11-24)17-22(19-30)28(32)31-14-13-21-5-2-3-6-25(21)31/h2-3,5-12,17-18H,4,13-16H2,1H3/b22-17+. The van der Waals surface area contributed by atoms with Crippen molar-refractivity contribution in [1.82, 2.24) is 0 Å². The molecule has 4 rings (SSSR count). The fraction of sp³-hybridized carbons (Fsp3) is 0.214. The van der Waals surface area contributed by atoms with Gasteiger partial charge < -0.3 is 19.1 Å². The third kappa shape index (κ3) is 5.95. The smallest absolute Gasteiger partial charge is 0.268 e. The fourth-order valence-electron chi connectivity index (χ4n) is 3.86. The molecule has 0 fully saturated rings. The van der Waals surface area contributed by atoms with E-state index in [2.05, 4.69) is 6.07 Å². The van der Waals surface area contributed by atoms with E-state index in [0.717, 1.165) is 23.4 Å². The summed E-state index contributed by atoms with van der Waals surface area (Å²) in [6.07, 6.45) is 3.04. The fourth-order valence-corrected chi connectivity index (χ4v) is 3.98. The molecule has 0 aromatic heterocycles. The van der Waals surface area contributed by atoms with Gasteiger partial charge in [-0.15, -0.1) is 0 Å². The number of nitrogens with zero attached hydrogens (tertiary/aromatic N) is 2. The van der Waals surface area contributed by atoms with Crippen molar-refractivity contribution in [2.45, 2.75) is 12.8 Å². The lowest BCUT2D eigenvalue weighted by molar-refractivity contribution is -0.114. The molecule has 0 saturated carbocycles. The number of hydrogen-bond acceptors (Lipinski definition) is 5. The number of methoxy groups -OCH3 is 1. The number of benzene rings is 3. The number of nitriles is 1. The lowest BCUT2D eigenvalue weighted by Crippen LogP contribution is -2.29. The van der Waals surface area contributed by atoms with Crippen molar-refractivity contribution in [3.05, 3.63) is 88.5 Å². The van der Waals surface area contributed by atoms with E-state index < -0.39 is 0 Å². The van der Waals surface area contributed by atoms with Gasteiger partial charge in [-0.1, -0.05) is 35.9 Å². The summed E-state index contributed by atoms with van der Waals surface area (Å²) in [6, 6.07) is 22.3. The number of anilines is 1. The first kappa shape index (κ1) is 24.2. The average Bonchev–Trinajstić information content (AvgIpc) is 3.32. The van der Waals surface area contributed by atoms with Gasteiger partial charge in [0.1, 0.15) is 17.4 Å². The molecule has 0 unspecified atom stereocenters. The first-order valence-electron chi connectivity index (χ1n) is 11.3. The summed E-state index contributed by atoms with van der Waals surface area (Å²) in [7, 11) is 1.55. The van der Waals surface area contributed by atoms with Gasteiger partial charge in [0.15, 0.2) is 11.5 Å². The molecule has 0 radical (unpaired) electrons. The maximum atomic E-state index is 13.0. The molecule has 3 aromatic carbocycles. The predicted octanol–water partition coefficient (Wildman–Crippen LogP) is 5.69. The number of hydrogen-bond donors (Lipinski definition) is 0. The minimum Gasteiger partial charge on any atom is -0.493 e. The largest absolute Gasteiger partial charge is 0.493 e. The molecule has 35 heavy (non-hydrogen) atoms. The monoisotopic (exact) mass is 488 g/mol. The Kier molecular flexibility index (Phi) is 7.92. The van der Waals surface area contributed by atoms with Crippen LogP contribution in [0.1, 0.15) is 17.5 Å². The number of amides is 1. The highest BCUT2D eigenvalue weighted by Crippen LogP contribution is 2.31. The van der Waals surface area contributed by atoms with Crippen molar-refractivity contribution in [1.29, 1.82) is 5.26 Å². The van der Waals surface area contributed by atoms with Crippen molar-refractivity contribution >= 4 is 29.3 Å². The molecule has 1 heterocycles. The Labute approximate surface area is 209 Å². The zero-order chi connectivity index (χ0) is 24.6. The predicted molar refractivity (Wildman–Crippen MR) is 136 cm³/mol. The molecule has 7 heteroatoms. The normalized spacial score (nSPS) is 12.6. The van der Waals surface area contributed by atoms with Crippen molar-refractivity contribution in [3.63, 3.8) is 0 Å². The quantitative estimate of drug-likeness (QED) is 0.220. The zero-order valence-corrected chi connectivity index (χ0v) is 20.1. The van der Waals surface area contributed by atoms with Gasteiger partial charge in [-0.05, 0) is 66.1 Å². The molecule has 1 aliphatic heterocycles. The Balaban J connectivity index is 1.37. The molecule has 0 atom stereocenters. The van der Waals surface area contributed by atoms with E-state index in [9.17, 15) is 10.1 Å². The van der Waals surface area contributed by atoms with Crippen molar-refractivity contribution in [3.8, 4) is 23.3 Å². The molecule has 0 saturated heterocycles. The van der Waals surface area contributed by atoms with E-state index in [-0.39, 0.29) is 11.5 Å². The van der Waals surface area contributed by atoms with Crippen LogP contribution in [0.5, 0.6) is 17.2 Å². The SMILES string of the molecule is COc1cc(/C=C(\C#N)C(=O)N2CCc3ccccc32)ccc1OCCCOc1ccc(Cl)cc1. The summed E-state index contributed by atoms with van der Waals surface area (Å²) in [5.74, 6) is 1.55. The summed E-state index contributed by atoms with van der Waals surface area (Å²) in [5.41, 5.74) is 2.72. The maximum absolute atomic E-state index is 13.0. The first-order valence-corrected chi connectivity index (χ1v) is 11.7. The number of ether oxygens (including phenoxy) is 3. The Morgan fingerprint density at radius 1 is 1.06 bits per heavy atom. The van der Waals surface area contributed by atoms with Gasteiger partial charge in [0.05, 0.1) is 20.3 Å². The summed E-state index contributed by atoms with van der Waals surface area (Å²) in [5, 5.41) is 10.3. The van der Waals surface area contributed by atoms with Gasteiger partial charge in [-0.2, -0.15) is 5.26 Å². The van der Waals surface area contributed by atoms with Crippen molar-refractivity contribution in [2.24, 2.45) is 0 Å². The van der Waals surface area contributed by atoms with Crippen LogP contribution in [0.3, 0.4) is 0 Å². The van der Waals surface area contributed by atoms with Crippen LogP contribution in [0, 0.1) is 11.3 Å². The van der Waals surface area contributed by atoms with Crippen LogP contribution in [-0.4, -0.2) is 32.8 Å². The molecule has 1 amide bonds. The lowest BCUT2D eigenvalue weighted by atomic mass is 10.1. The number of carbonyl (C=O) groups excluding carboxylic acids is 1. The van der Waals surface area contributed by atoms with Gasteiger partial charge in [-0.3, -0.25) is 4.79 Å². The van der Waals surface area contributed by atoms with E-state index in [1.54, 1.807) is 48.4 Å². The number of carbonyl (C=O) groups is 1. The zero-order valence-electron chi connectivity index (χ0n) is 19.4. The Morgan fingerprint density at radius 2 is 1.83 bits per heavy atom. The van der Waals surface area contributed by atoms with Gasteiger partial charge in [-0.25, -0.2) is 0 Å². The van der Waals surface area contributed by atoms with Crippen LogP contribution >= 0.6 is 11.6 Å². The van der Waals surface area contributed by atoms with Crippen LogP contribution in [0.15, 0.2) is 72.3 Å². The third-order valence-electron chi connectivity index (χ3n) is 5.61. The van der Waals surface area contributed by atoms with E-state index in [4.69, 9.17) is 25.8 Å². The lowest BCUT2D eigenvalue weighted by Gasteiger charge is -2.16. The summed E-state index contributed by atoms with van der Waals surface area (Å²) < 4.78 is 17.0. The van der Waals surface area contributed by atoms with Crippen LogP contribution in [0.2, 0.25) is 5.02 Å². The molecule has 0 N–H and O–H groups in total. The molecule has 0 aliphatic carbocycles. The van der Waals surface area contributed by atoms with E-state index in [1.165, 1.54) is 0 Å². The Morgan fingerprint density at radius 3 is 2.60 bits per heavy atom. The van der Waals surface area contributed by atoms with Gasteiger partial charge in [0.25, 0.3) is 5.91 Å². The molecule has 0 spiro atoms. The Hall–Kier alpha value is -3.95. The minimum atomic E-state index is -0.308. The third-order valence-corrected chi connectivity index (χ3v) is 5.86. The minimum absolute atomic E-state index is 0.0665. The summed E-state index contributed by atoms with van der Waals surface area (Å²) >= 11 is 5.88. The number of halogens is 1. The van der Waals surface area contributed by atoms with Crippen LogP contribution in [-0.2, 0) is 11.2 Å².